The lowest BCUT2D eigenvalue weighted by molar-refractivity contribution is 0.171. The fraction of sp³-hybridized carbons (Fsp3) is 0.625. The molecule has 1 aromatic rings. The molecule has 1 aliphatic heterocycles. The summed E-state index contributed by atoms with van der Waals surface area (Å²) >= 11 is 0. The number of hydrogen-bond donors (Lipinski definition) is 1. The van der Waals surface area contributed by atoms with E-state index in [1.807, 2.05) is 6.07 Å². The molecule has 1 unspecified atom stereocenters. The SMILES string of the molecule is CCCC(CC)NCCc1ccc2c(c1)OCCO2. The van der Waals surface area contributed by atoms with Crippen molar-refractivity contribution in [2.45, 2.75) is 45.6 Å². The number of benzene rings is 1. The minimum Gasteiger partial charge on any atom is -0.486 e. The standard InChI is InChI=1S/C16H25NO2/c1-3-5-14(4-2)17-9-8-13-6-7-15-16(12-13)19-11-10-18-15/h6-7,12,14,17H,3-5,8-11H2,1-2H3. The minimum atomic E-state index is 0.655. The Labute approximate surface area is 116 Å². The van der Waals surface area contributed by atoms with Gasteiger partial charge in [0.05, 0.1) is 0 Å². The van der Waals surface area contributed by atoms with E-state index in [1.165, 1.54) is 24.8 Å². The Kier molecular flexibility index (Phi) is 5.52. The lowest BCUT2D eigenvalue weighted by Crippen LogP contribution is -2.30. The third kappa shape index (κ3) is 4.13. The van der Waals surface area contributed by atoms with E-state index in [2.05, 4.69) is 31.3 Å². The highest BCUT2D eigenvalue weighted by molar-refractivity contribution is 5.43. The van der Waals surface area contributed by atoms with E-state index in [4.69, 9.17) is 9.47 Å². The van der Waals surface area contributed by atoms with E-state index in [-0.39, 0.29) is 0 Å². The summed E-state index contributed by atoms with van der Waals surface area (Å²) in [5.41, 5.74) is 1.31. The Bertz CT molecular complexity index is 392. The van der Waals surface area contributed by atoms with Gasteiger partial charge in [0.25, 0.3) is 0 Å². The van der Waals surface area contributed by atoms with Crippen LogP contribution < -0.4 is 14.8 Å². The monoisotopic (exact) mass is 263 g/mol. The van der Waals surface area contributed by atoms with Gasteiger partial charge >= 0.3 is 0 Å². The van der Waals surface area contributed by atoms with E-state index >= 15 is 0 Å². The molecule has 19 heavy (non-hydrogen) atoms. The van der Waals surface area contributed by atoms with Crippen LogP contribution in [0.3, 0.4) is 0 Å². The van der Waals surface area contributed by atoms with Gasteiger partial charge in [-0.15, -0.1) is 0 Å². The third-order valence-electron chi connectivity index (χ3n) is 3.58. The van der Waals surface area contributed by atoms with E-state index in [0.29, 0.717) is 19.3 Å². The molecular weight excluding hydrogens is 238 g/mol. The van der Waals surface area contributed by atoms with Crippen LogP contribution in [0.15, 0.2) is 18.2 Å². The van der Waals surface area contributed by atoms with Gasteiger partial charge in [-0.2, -0.15) is 0 Å². The third-order valence-corrected chi connectivity index (χ3v) is 3.58. The fourth-order valence-corrected chi connectivity index (χ4v) is 2.46. The molecule has 0 spiro atoms. The minimum absolute atomic E-state index is 0.655. The molecule has 0 fully saturated rings. The highest BCUT2D eigenvalue weighted by atomic mass is 16.6. The van der Waals surface area contributed by atoms with Gasteiger partial charge in [-0.1, -0.05) is 26.3 Å². The average molecular weight is 263 g/mol. The predicted octanol–water partition coefficient (Wildman–Crippen LogP) is 3.17. The first-order valence-electron chi connectivity index (χ1n) is 7.45. The van der Waals surface area contributed by atoms with Crippen LogP contribution in [0.1, 0.15) is 38.7 Å². The Balaban J connectivity index is 1.82. The molecule has 0 aliphatic carbocycles. The Morgan fingerprint density at radius 1 is 1.16 bits per heavy atom. The molecule has 1 aliphatic rings. The van der Waals surface area contributed by atoms with Gasteiger partial charge in [0, 0.05) is 6.04 Å². The first-order chi connectivity index (χ1) is 9.33. The summed E-state index contributed by atoms with van der Waals surface area (Å²) in [6.45, 7) is 6.83. The average Bonchev–Trinajstić information content (AvgIpc) is 2.46. The van der Waals surface area contributed by atoms with Crippen molar-refractivity contribution in [3.05, 3.63) is 23.8 Å². The summed E-state index contributed by atoms with van der Waals surface area (Å²) in [7, 11) is 0. The van der Waals surface area contributed by atoms with Crippen molar-refractivity contribution >= 4 is 0 Å². The summed E-state index contributed by atoms with van der Waals surface area (Å²) in [6, 6.07) is 6.92. The summed E-state index contributed by atoms with van der Waals surface area (Å²) in [6.07, 6.45) is 4.75. The molecule has 1 aromatic carbocycles. The van der Waals surface area contributed by atoms with Crippen molar-refractivity contribution in [3.8, 4) is 11.5 Å². The molecular formula is C16H25NO2. The van der Waals surface area contributed by atoms with Gasteiger partial charge in [-0.25, -0.2) is 0 Å². The van der Waals surface area contributed by atoms with Gasteiger partial charge in [-0.3, -0.25) is 0 Å². The number of rotatable bonds is 7. The van der Waals surface area contributed by atoms with Crippen molar-refractivity contribution < 1.29 is 9.47 Å². The van der Waals surface area contributed by atoms with Gasteiger partial charge in [0.1, 0.15) is 13.2 Å². The van der Waals surface area contributed by atoms with Crippen molar-refractivity contribution in [3.63, 3.8) is 0 Å². The molecule has 2 rings (SSSR count). The largest absolute Gasteiger partial charge is 0.486 e. The fourth-order valence-electron chi connectivity index (χ4n) is 2.46. The molecule has 0 saturated heterocycles. The lowest BCUT2D eigenvalue weighted by Gasteiger charge is -2.19. The molecule has 1 N–H and O–H groups in total. The predicted molar refractivity (Wildman–Crippen MR) is 78.1 cm³/mol. The summed E-state index contributed by atoms with van der Waals surface area (Å²) in [5, 5.41) is 3.63. The second kappa shape index (κ2) is 7.39. The maximum Gasteiger partial charge on any atom is 0.161 e. The van der Waals surface area contributed by atoms with Crippen LogP contribution in [-0.4, -0.2) is 25.8 Å². The second-order valence-corrected chi connectivity index (χ2v) is 5.08. The van der Waals surface area contributed by atoms with Gasteiger partial charge in [0.15, 0.2) is 11.5 Å². The van der Waals surface area contributed by atoms with E-state index in [1.54, 1.807) is 0 Å². The van der Waals surface area contributed by atoms with Gasteiger partial charge in [0.2, 0.25) is 0 Å². The molecule has 0 bridgehead atoms. The summed E-state index contributed by atoms with van der Waals surface area (Å²) in [4.78, 5) is 0. The van der Waals surface area contributed by atoms with Gasteiger partial charge < -0.3 is 14.8 Å². The zero-order chi connectivity index (χ0) is 13.5. The molecule has 0 amide bonds. The van der Waals surface area contributed by atoms with Crippen LogP contribution in [0, 0.1) is 0 Å². The van der Waals surface area contributed by atoms with Crippen LogP contribution >= 0.6 is 0 Å². The van der Waals surface area contributed by atoms with Crippen molar-refractivity contribution in [1.82, 2.24) is 5.32 Å². The zero-order valence-corrected chi connectivity index (χ0v) is 12.1. The Hall–Kier alpha value is -1.22. The van der Waals surface area contributed by atoms with Gasteiger partial charge in [-0.05, 0) is 43.5 Å². The molecule has 3 nitrogen and oxygen atoms in total. The van der Waals surface area contributed by atoms with Crippen molar-refractivity contribution in [2.24, 2.45) is 0 Å². The lowest BCUT2D eigenvalue weighted by atomic mass is 10.1. The summed E-state index contributed by atoms with van der Waals surface area (Å²) < 4.78 is 11.1. The number of ether oxygens (including phenoxy) is 2. The van der Waals surface area contributed by atoms with E-state index < -0.39 is 0 Å². The highest BCUT2D eigenvalue weighted by Gasteiger charge is 2.11. The van der Waals surface area contributed by atoms with Crippen LogP contribution in [0.2, 0.25) is 0 Å². The second-order valence-electron chi connectivity index (χ2n) is 5.08. The van der Waals surface area contributed by atoms with E-state index in [9.17, 15) is 0 Å². The molecule has 0 radical (unpaired) electrons. The van der Waals surface area contributed by atoms with Crippen LogP contribution in [0.4, 0.5) is 0 Å². The van der Waals surface area contributed by atoms with Crippen LogP contribution in [-0.2, 0) is 6.42 Å². The quantitative estimate of drug-likeness (QED) is 0.819. The van der Waals surface area contributed by atoms with Crippen LogP contribution in [0.5, 0.6) is 11.5 Å². The summed E-state index contributed by atoms with van der Waals surface area (Å²) in [5.74, 6) is 1.77. The molecule has 0 aromatic heterocycles. The van der Waals surface area contributed by atoms with E-state index in [0.717, 1.165) is 24.5 Å². The van der Waals surface area contributed by atoms with Crippen molar-refractivity contribution in [2.75, 3.05) is 19.8 Å². The molecule has 3 heteroatoms. The number of fused-ring (bicyclic) bond motifs is 1. The Morgan fingerprint density at radius 2 is 1.95 bits per heavy atom. The molecule has 1 heterocycles. The normalized spacial score (nSPS) is 15.3. The molecule has 106 valence electrons. The first kappa shape index (κ1) is 14.2. The maximum absolute atomic E-state index is 5.61. The first-order valence-corrected chi connectivity index (χ1v) is 7.45. The number of nitrogens with one attached hydrogen (secondary N) is 1. The maximum atomic E-state index is 5.61. The van der Waals surface area contributed by atoms with Crippen molar-refractivity contribution in [1.29, 1.82) is 0 Å². The molecule has 0 saturated carbocycles. The number of hydrogen-bond acceptors (Lipinski definition) is 3. The van der Waals surface area contributed by atoms with Crippen LogP contribution in [0.25, 0.3) is 0 Å². The highest BCUT2D eigenvalue weighted by Crippen LogP contribution is 2.30. The topological polar surface area (TPSA) is 30.5 Å². The zero-order valence-electron chi connectivity index (χ0n) is 12.1. The molecule has 1 atom stereocenters. The Morgan fingerprint density at radius 3 is 2.68 bits per heavy atom. The smallest absolute Gasteiger partial charge is 0.161 e.